The maximum Gasteiger partial charge on any atom is 0.132 e. The van der Waals surface area contributed by atoms with Gasteiger partial charge in [0.2, 0.25) is 0 Å². The van der Waals surface area contributed by atoms with Crippen LogP contribution in [0.2, 0.25) is 0 Å². The number of ether oxygens (including phenoxy) is 1. The number of thioether (sulfide) groups is 1. The lowest BCUT2D eigenvalue weighted by atomic mass is 10.2. The molecule has 1 N–H and O–H groups in total. The smallest absolute Gasteiger partial charge is 0.132 e. The van der Waals surface area contributed by atoms with Gasteiger partial charge >= 0.3 is 0 Å². The van der Waals surface area contributed by atoms with Gasteiger partial charge in [-0.1, -0.05) is 13.0 Å². The summed E-state index contributed by atoms with van der Waals surface area (Å²) in [5.41, 5.74) is 1.27. The third-order valence-electron chi connectivity index (χ3n) is 2.71. The molecule has 1 atom stereocenters. The van der Waals surface area contributed by atoms with Gasteiger partial charge in [-0.3, -0.25) is 0 Å². The molecular weight excluding hydrogens is 218 g/mol. The van der Waals surface area contributed by atoms with Gasteiger partial charge in [-0.25, -0.2) is 0 Å². The van der Waals surface area contributed by atoms with Gasteiger partial charge in [-0.2, -0.15) is 0 Å². The van der Waals surface area contributed by atoms with Crippen molar-refractivity contribution in [3.05, 3.63) is 23.8 Å². The first-order valence-electron chi connectivity index (χ1n) is 5.65. The molecule has 0 saturated carbocycles. The van der Waals surface area contributed by atoms with Crippen molar-refractivity contribution in [2.24, 2.45) is 0 Å². The van der Waals surface area contributed by atoms with Crippen LogP contribution in [0.15, 0.2) is 23.1 Å². The van der Waals surface area contributed by atoms with E-state index >= 15 is 0 Å². The van der Waals surface area contributed by atoms with Gasteiger partial charge in [0, 0.05) is 17.5 Å². The van der Waals surface area contributed by atoms with Gasteiger partial charge in [0.15, 0.2) is 0 Å². The summed E-state index contributed by atoms with van der Waals surface area (Å²) in [4.78, 5) is 1.19. The van der Waals surface area contributed by atoms with Crippen molar-refractivity contribution < 1.29 is 4.74 Å². The number of methoxy groups -OCH3 is 1. The molecule has 0 amide bonds. The second kappa shape index (κ2) is 6.81. The Labute approximate surface area is 103 Å². The molecule has 0 aliphatic rings. The van der Waals surface area contributed by atoms with Crippen molar-refractivity contribution in [2.45, 2.75) is 37.8 Å². The lowest BCUT2D eigenvalue weighted by Gasteiger charge is -2.13. The molecule has 0 fully saturated rings. The largest absolute Gasteiger partial charge is 0.496 e. The van der Waals surface area contributed by atoms with E-state index < -0.39 is 0 Å². The molecule has 0 bridgehead atoms. The molecule has 3 heteroatoms. The Morgan fingerprint density at radius 3 is 2.75 bits per heavy atom. The molecule has 0 aliphatic carbocycles. The zero-order valence-corrected chi connectivity index (χ0v) is 11.4. The van der Waals surface area contributed by atoms with Crippen molar-refractivity contribution in [1.29, 1.82) is 0 Å². The minimum absolute atomic E-state index is 0.561. The summed E-state index contributed by atoms with van der Waals surface area (Å²) in [6.45, 7) is 5.29. The summed E-state index contributed by atoms with van der Waals surface area (Å²) in [5, 5.41) is 3.48. The monoisotopic (exact) mass is 239 g/mol. The summed E-state index contributed by atoms with van der Waals surface area (Å²) >= 11 is 1.71. The van der Waals surface area contributed by atoms with Crippen LogP contribution in [-0.4, -0.2) is 19.4 Å². The highest BCUT2D eigenvalue weighted by molar-refractivity contribution is 7.98. The zero-order valence-electron chi connectivity index (χ0n) is 10.5. The molecule has 1 aromatic rings. The molecule has 1 rings (SSSR count). The highest BCUT2D eigenvalue weighted by Crippen LogP contribution is 2.28. The van der Waals surface area contributed by atoms with Gasteiger partial charge in [0.1, 0.15) is 5.75 Å². The molecule has 1 unspecified atom stereocenters. The molecule has 0 spiro atoms. The quantitative estimate of drug-likeness (QED) is 0.770. The van der Waals surface area contributed by atoms with Crippen molar-refractivity contribution in [3.8, 4) is 5.75 Å². The second-order valence-corrected chi connectivity index (χ2v) is 4.73. The normalized spacial score (nSPS) is 12.5. The first-order valence-corrected chi connectivity index (χ1v) is 6.88. The topological polar surface area (TPSA) is 21.3 Å². The third-order valence-corrected chi connectivity index (χ3v) is 3.49. The maximum absolute atomic E-state index is 5.36. The Morgan fingerprint density at radius 1 is 1.44 bits per heavy atom. The Morgan fingerprint density at radius 2 is 2.19 bits per heavy atom. The fourth-order valence-electron chi connectivity index (χ4n) is 1.43. The molecule has 1 aromatic carbocycles. The zero-order chi connectivity index (χ0) is 12.0. The van der Waals surface area contributed by atoms with Crippen LogP contribution >= 0.6 is 11.8 Å². The minimum atomic E-state index is 0.561. The molecule has 0 heterocycles. The predicted molar refractivity (Wildman–Crippen MR) is 71.4 cm³/mol. The fraction of sp³-hybridized carbons (Fsp3) is 0.538. The number of nitrogens with one attached hydrogen (secondary N) is 1. The average molecular weight is 239 g/mol. The number of hydrogen-bond acceptors (Lipinski definition) is 3. The van der Waals surface area contributed by atoms with Crippen LogP contribution in [-0.2, 0) is 6.54 Å². The number of hydrogen-bond donors (Lipinski definition) is 1. The summed E-state index contributed by atoms with van der Waals surface area (Å²) in [6.07, 6.45) is 3.22. The third kappa shape index (κ3) is 3.72. The van der Waals surface area contributed by atoms with E-state index in [1.54, 1.807) is 18.9 Å². The number of benzene rings is 1. The van der Waals surface area contributed by atoms with Crippen molar-refractivity contribution in [1.82, 2.24) is 5.32 Å². The summed E-state index contributed by atoms with van der Waals surface area (Å²) in [6, 6.07) is 6.95. The van der Waals surface area contributed by atoms with Gasteiger partial charge < -0.3 is 10.1 Å². The van der Waals surface area contributed by atoms with Crippen LogP contribution in [0, 0.1) is 0 Å². The molecule has 0 aliphatic heterocycles. The van der Waals surface area contributed by atoms with Gasteiger partial charge in [0.25, 0.3) is 0 Å². The lowest BCUT2D eigenvalue weighted by Crippen LogP contribution is -2.24. The average Bonchev–Trinajstić information content (AvgIpc) is 2.35. The van der Waals surface area contributed by atoms with Gasteiger partial charge in [-0.05, 0) is 37.3 Å². The predicted octanol–water partition coefficient (Wildman–Crippen LogP) is 3.31. The van der Waals surface area contributed by atoms with Crippen LogP contribution in [0.5, 0.6) is 5.75 Å². The van der Waals surface area contributed by atoms with E-state index in [1.807, 2.05) is 0 Å². The number of rotatable bonds is 6. The molecule has 0 aromatic heterocycles. The molecule has 2 nitrogen and oxygen atoms in total. The van der Waals surface area contributed by atoms with Gasteiger partial charge in [-0.15, -0.1) is 11.8 Å². The minimum Gasteiger partial charge on any atom is -0.496 e. The van der Waals surface area contributed by atoms with Crippen LogP contribution < -0.4 is 10.1 Å². The van der Waals surface area contributed by atoms with E-state index in [4.69, 9.17) is 4.74 Å². The highest BCUT2D eigenvalue weighted by Gasteiger charge is 2.04. The summed E-state index contributed by atoms with van der Waals surface area (Å²) in [7, 11) is 1.72. The molecule has 0 saturated heterocycles. The van der Waals surface area contributed by atoms with Crippen molar-refractivity contribution >= 4 is 11.8 Å². The van der Waals surface area contributed by atoms with Crippen molar-refractivity contribution in [2.75, 3.05) is 13.4 Å². The Kier molecular flexibility index (Phi) is 5.71. The van der Waals surface area contributed by atoms with Gasteiger partial charge in [0.05, 0.1) is 7.11 Å². The molecule has 0 radical (unpaired) electrons. The van der Waals surface area contributed by atoms with Crippen LogP contribution in [0.25, 0.3) is 0 Å². The molecular formula is C13H21NOS. The first kappa shape index (κ1) is 13.4. The second-order valence-electron chi connectivity index (χ2n) is 3.88. The molecule has 16 heavy (non-hydrogen) atoms. The van der Waals surface area contributed by atoms with Crippen LogP contribution in [0.1, 0.15) is 25.8 Å². The Balaban J connectivity index is 2.67. The van der Waals surface area contributed by atoms with E-state index in [9.17, 15) is 0 Å². The van der Waals surface area contributed by atoms with E-state index in [0.29, 0.717) is 6.04 Å². The van der Waals surface area contributed by atoms with Crippen LogP contribution in [0.3, 0.4) is 0 Å². The maximum atomic E-state index is 5.36. The first-order chi connectivity index (χ1) is 7.71. The van der Waals surface area contributed by atoms with Crippen LogP contribution in [0.4, 0.5) is 0 Å². The SMILES string of the molecule is CCC(C)NCc1ccc(SC)c(OC)c1. The summed E-state index contributed by atoms with van der Waals surface area (Å²) in [5.74, 6) is 0.968. The highest BCUT2D eigenvalue weighted by atomic mass is 32.2. The van der Waals surface area contributed by atoms with E-state index in [1.165, 1.54) is 10.5 Å². The molecule has 90 valence electrons. The van der Waals surface area contributed by atoms with E-state index in [0.717, 1.165) is 18.7 Å². The van der Waals surface area contributed by atoms with Crippen molar-refractivity contribution in [3.63, 3.8) is 0 Å². The standard InChI is InChI=1S/C13H21NOS/c1-5-10(2)14-9-11-6-7-13(16-4)12(8-11)15-3/h6-8,10,14H,5,9H2,1-4H3. The van der Waals surface area contributed by atoms with E-state index in [-0.39, 0.29) is 0 Å². The Bertz CT molecular complexity index is 328. The van der Waals surface area contributed by atoms with E-state index in [2.05, 4.69) is 43.6 Å². The Hall–Kier alpha value is -0.670. The fourth-order valence-corrected chi connectivity index (χ4v) is 1.97. The summed E-state index contributed by atoms with van der Waals surface area (Å²) < 4.78 is 5.36. The lowest BCUT2D eigenvalue weighted by molar-refractivity contribution is 0.403.